The fraction of sp³-hybridized carbons (Fsp3) is 0.143. The fourth-order valence-electron chi connectivity index (χ4n) is 5.62. The molecule has 0 amide bonds. The first-order chi connectivity index (χ1) is 14.8. The van der Waals surface area contributed by atoms with E-state index in [4.69, 9.17) is 0 Å². The van der Waals surface area contributed by atoms with Crippen molar-refractivity contribution >= 4 is 44.0 Å². The summed E-state index contributed by atoms with van der Waals surface area (Å²) in [4.78, 5) is 0. The Kier molecular flexibility index (Phi) is 5.66. The molecular weight excluding hydrogens is 483 g/mol. The van der Waals surface area contributed by atoms with Crippen LogP contribution in [-0.2, 0) is 0 Å². The Bertz CT molecular complexity index is 897. The zero-order valence-electron chi connectivity index (χ0n) is 17.4. The predicted molar refractivity (Wildman–Crippen MR) is 135 cm³/mol. The maximum atomic E-state index is 2.43. The van der Waals surface area contributed by atoms with Crippen LogP contribution < -0.4 is 17.5 Å². The molecule has 5 rings (SSSR count). The van der Waals surface area contributed by atoms with Crippen LogP contribution in [-0.4, -0.2) is 26.5 Å². The number of rotatable bonds is 4. The third kappa shape index (κ3) is 3.48. The van der Waals surface area contributed by atoms with Crippen molar-refractivity contribution in [2.24, 2.45) is 0 Å². The molecule has 0 nitrogen and oxygen atoms in total. The topological polar surface area (TPSA) is 0 Å². The molecule has 0 radical (unpaired) electrons. The fourth-order valence-corrected chi connectivity index (χ4v) is 35.0. The van der Waals surface area contributed by atoms with Crippen LogP contribution in [0.25, 0.3) is 0 Å². The van der Waals surface area contributed by atoms with Gasteiger partial charge in [-0.3, -0.25) is 0 Å². The van der Waals surface area contributed by atoms with Gasteiger partial charge in [-0.1, -0.05) is 0 Å². The van der Waals surface area contributed by atoms with Gasteiger partial charge in [0.05, 0.1) is 0 Å². The quantitative estimate of drug-likeness (QED) is 0.354. The van der Waals surface area contributed by atoms with Crippen molar-refractivity contribution in [1.82, 2.24) is 0 Å². The van der Waals surface area contributed by atoms with Crippen LogP contribution in [0.5, 0.6) is 0 Å². The minimum absolute atomic E-state index is 1.38. The summed E-state index contributed by atoms with van der Waals surface area (Å²) in [5.41, 5.74) is 0. The van der Waals surface area contributed by atoms with Crippen molar-refractivity contribution < 1.29 is 0 Å². The van der Waals surface area contributed by atoms with E-state index in [0.29, 0.717) is 0 Å². The average Bonchev–Trinajstić information content (AvgIpc) is 2.86. The summed E-state index contributed by atoms with van der Waals surface area (Å²) in [5, 5.41) is 3.24. The van der Waals surface area contributed by atoms with E-state index in [-0.39, 0.29) is 0 Å². The monoisotopic (exact) mass is 512 g/mol. The second kappa shape index (κ2) is 8.56. The second-order valence-corrected chi connectivity index (χ2v) is 25.3. The summed E-state index contributed by atoms with van der Waals surface area (Å²) in [6.45, 7) is 0. The van der Waals surface area contributed by atoms with E-state index < -0.39 is 26.5 Å². The van der Waals surface area contributed by atoms with Crippen LogP contribution in [0.1, 0.15) is 0 Å². The van der Waals surface area contributed by atoms with Gasteiger partial charge in [0, 0.05) is 0 Å². The van der Waals surface area contributed by atoms with Gasteiger partial charge in [0.1, 0.15) is 0 Å². The molecule has 0 unspecified atom stereocenters. The summed E-state index contributed by atoms with van der Waals surface area (Å²) >= 11 is -2.71. The number of hydrogen-bond donors (Lipinski definition) is 0. The van der Waals surface area contributed by atoms with Crippen molar-refractivity contribution in [3.8, 4) is 0 Å². The van der Waals surface area contributed by atoms with Crippen LogP contribution in [0.3, 0.4) is 0 Å². The van der Waals surface area contributed by atoms with Crippen LogP contribution in [0, 0.1) is 0 Å². The van der Waals surface area contributed by atoms with E-state index in [0.717, 1.165) is 0 Å². The summed E-state index contributed by atoms with van der Waals surface area (Å²) in [7, 11) is -1.74. The van der Waals surface area contributed by atoms with Gasteiger partial charge in [-0.05, 0) is 0 Å². The Labute approximate surface area is 185 Å². The van der Waals surface area contributed by atoms with E-state index in [2.05, 4.69) is 121 Å². The van der Waals surface area contributed by atoms with Gasteiger partial charge in [-0.15, -0.1) is 0 Å². The molecule has 1 aliphatic heterocycles. The SMILES string of the molecule is c1ccc([Si]2(c3ccccc3)C[CH2][Sn]([c]3ccccc3)([c]3ccccc3)[CH2]C2)cc1. The van der Waals surface area contributed by atoms with Gasteiger partial charge in [0.25, 0.3) is 0 Å². The first-order valence-corrected chi connectivity index (χ1v) is 20.4. The zero-order chi connectivity index (χ0) is 20.3. The number of hydrogen-bond acceptors (Lipinski definition) is 0. The molecule has 0 atom stereocenters. The summed E-state index contributed by atoms with van der Waals surface area (Å²) in [6.07, 6.45) is 0. The van der Waals surface area contributed by atoms with Crippen molar-refractivity contribution in [1.29, 1.82) is 0 Å². The van der Waals surface area contributed by atoms with Crippen LogP contribution in [0.15, 0.2) is 121 Å². The van der Waals surface area contributed by atoms with Gasteiger partial charge in [0.15, 0.2) is 0 Å². The minimum atomic E-state index is -2.71. The molecule has 2 heteroatoms. The molecule has 1 heterocycles. The second-order valence-electron chi connectivity index (χ2n) is 8.63. The molecule has 0 saturated carbocycles. The molecule has 4 aromatic rings. The molecule has 1 saturated heterocycles. The molecule has 0 aliphatic carbocycles. The van der Waals surface area contributed by atoms with Crippen molar-refractivity contribution in [2.45, 2.75) is 21.0 Å². The Hall–Kier alpha value is -2.10. The van der Waals surface area contributed by atoms with Gasteiger partial charge in [-0.25, -0.2) is 0 Å². The van der Waals surface area contributed by atoms with E-state index in [9.17, 15) is 0 Å². The molecule has 0 aromatic heterocycles. The zero-order valence-corrected chi connectivity index (χ0v) is 21.2. The van der Waals surface area contributed by atoms with E-state index in [1.807, 2.05) is 0 Å². The Balaban J connectivity index is 1.61. The standard InChI is InChI=1S/C16H18Si.2C6H5.Sn/c1-3-17(4-2,15-11-7-5-8-12-15)16-13-9-6-10-14-16;2*1-2-4-6-5-3-1;/h5-14H,1-4H2;2*1-5H;. The van der Waals surface area contributed by atoms with Gasteiger partial charge >= 0.3 is 186 Å². The molecule has 0 bridgehead atoms. The molecule has 4 aromatic carbocycles. The summed E-state index contributed by atoms with van der Waals surface area (Å²) < 4.78 is 6.20. The van der Waals surface area contributed by atoms with Crippen LogP contribution >= 0.6 is 0 Å². The molecule has 0 N–H and O–H groups in total. The van der Waals surface area contributed by atoms with Gasteiger partial charge in [0.2, 0.25) is 0 Å². The van der Waals surface area contributed by atoms with E-state index >= 15 is 0 Å². The van der Waals surface area contributed by atoms with E-state index in [1.165, 1.54) is 21.0 Å². The summed E-state index contributed by atoms with van der Waals surface area (Å²) in [6, 6.07) is 48.8. The molecule has 0 spiro atoms. The van der Waals surface area contributed by atoms with E-state index in [1.54, 1.807) is 17.5 Å². The Morgan fingerprint density at radius 3 is 1.13 bits per heavy atom. The molecule has 1 aliphatic rings. The molecule has 1 fully saturated rings. The van der Waals surface area contributed by atoms with Crippen LogP contribution in [0.2, 0.25) is 21.0 Å². The van der Waals surface area contributed by atoms with Crippen molar-refractivity contribution in [3.05, 3.63) is 121 Å². The van der Waals surface area contributed by atoms with Crippen molar-refractivity contribution in [3.63, 3.8) is 0 Å². The van der Waals surface area contributed by atoms with Gasteiger partial charge in [-0.2, -0.15) is 0 Å². The Morgan fingerprint density at radius 1 is 0.433 bits per heavy atom. The third-order valence-corrected chi connectivity index (χ3v) is 29.7. The van der Waals surface area contributed by atoms with Crippen LogP contribution in [0.4, 0.5) is 0 Å². The molecule has 30 heavy (non-hydrogen) atoms. The first kappa shape index (κ1) is 19.8. The predicted octanol–water partition coefficient (Wildman–Crippen LogP) is 4.53. The summed E-state index contributed by atoms with van der Waals surface area (Å²) in [5.74, 6) is 0. The maximum absolute atomic E-state index is 2.71. The molecule has 148 valence electrons. The van der Waals surface area contributed by atoms with Gasteiger partial charge < -0.3 is 0 Å². The normalized spacial score (nSPS) is 17.3. The molecular formula is C28H28SiSn. The number of benzene rings is 4. The Morgan fingerprint density at radius 2 is 0.767 bits per heavy atom. The first-order valence-electron chi connectivity index (χ1n) is 11.1. The average molecular weight is 511 g/mol. The van der Waals surface area contributed by atoms with Crippen molar-refractivity contribution in [2.75, 3.05) is 0 Å². The third-order valence-electron chi connectivity index (χ3n) is 7.26.